The van der Waals surface area contributed by atoms with Crippen molar-refractivity contribution >= 4 is 44.7 Å². The van der Waals surface area contributed by atoms with Gasteiger partial charge in [-0.05, 0) is 30.9 Å². The van der Waals surface area contributed by atoms with Crippen molar-refractivity contribution in [2.24, 2.45) is 0 Å². The summed E-state index contributed by atoms with van der Waals surface area (Å²) in [4.78, 5) is 22.5. The number of aromatic nitrogens is 4. The van der Waals surface area contributed by atoms with Crippen LogP contribution in [-0.2, 0) is 5.75 Å². The number of hydrogen-bond acceptors (Lipinski definition) is 8. The van der Waals surface area contributed by atoms with Gasteiger partial charge in [0.25, 0.3) is 16.7 Å². The van der Waals surface area contributed by atoms with Gasteiger partial charge in [-0.25, -0.2) is 4.98 Å². The van der Waals surface area contributed by atoms with Crippen LogP contribution in [0.4, 0.5) is 0 Å². The van der Waals surface area contributed by atoms with Crippen LogP contribution in [0.25, 0.3) is 21.0 Å². The highest BCUT2D eigenvalue weighted by atomic mass is 32.2. The van der Waals surface area contributed by atoms with Gasteiger partial charge in [0.05, 0.1) is 16.0 Å². The minimum absolute atomic E-state index is 0.0951. The lowest BCUT2D eigenvalue weighted by Crippen LogP contribution is -2.10. The van der Waals surface area contributed by atoms with Crippen LogP contribution in [0, 0.1) is 13.8 Å². The van der Waals surface area contributed by atoms with Crippen LogP contribution < -0.4 is 5.56 Å². The Morgan fingerprint density at radius 2 is 2.21 bits per heavy atom. The van der Waals surface area contributed by atoms with E-state index in [9.17, 15) is 4.79 Å². The zero-order valence-corrected chi connectivity index (χ0v) is 15.3. The van der Waals surface area contributed by atoms with Crippen molar-refractivity contribution in [1.29, 1.82) is 0 Å². The number of aryl methyl sites for hydroxylation is 2. The molecular formula is C15H12N4O2S3. The fourth-order valence-corrected chi connectivity index (χ4v) is 4.59. The summed E-state index contributed by atoms with van der Waals surface area (Å²) in [5.41, 5.74) is 0.905. The van der Waals surface area contributed by atoms with Crippen LogP contribution in [0.3, 0.4) is 0 Å². The highest BCUT2D eigenvalue weighted by Gasteiger charge is 2.14. The minimum atomic E-state index is -0.0951. The molecule has 0 spiro atoms. The quantitative estimate of drug-likeness (QED) is 0.542. The molecule has 0 saturated carbocycles. The Hall–Kier alpha value is -1.97. The average Bonchev–Trinajstić information content (AvgIpc) is 3.27. The summed E-state index contributed by atoms with van der Waals surface area (Å²) in [5, 5.41) is 11.2. The van der Waals surface area contributed by atoms with Gasteiger partial charge in [0, 0.05) is 4.88 Å². The van der Waals surface area contributed by atoms with Gasteiger partial charge in [-0.2, -0.15) is 0 Å². The summed E-state index contributed by atoms with van der Waals surface area (Å²) >= 11 is 4.44. The van der Waals surface area contributed by atoms with Crippen LogP contribution in [0.15, 0.2) is 31.9 Å². The number of nitrogens with one attached hydrogen (secondary N) is 1. The lowest BCUT2D eigenvalue weighted by molar-refractivity contribution is 0.466. The van der Waals surface area contributed by atoms with Crippen molar-refractivity contribution in [3.05, 3.63) is 44.1 Å². The first kappa shape index (κ1) is 15.6. The molecule has 0 amide bonds. The van der Waals surface area contributed by atoms with E-state index in [0.717, 1.165) is 20.1 Å². The molecule has 0 atom stereocenters. The third kappa shape index (κ3) is 2.79. The highest BCUT2D eigenvalue weighted by molar-refractivity contribution is 7.98. The van der Waals surface area contributed by atoms with Gasteiger partial charge >= 0.3 is 0 Å². The summed E-state index contributed by atoms with van der Waals surface area (Å²) in [5.74, 6) is 1.58. The third-order valence-electron chi connectivity index (χ3n) is 3.56. The van der Waals surface area contributed by atoms with E-state index in [1.54, 1.807) is 22.7 Å². The summed E-state index contributed by atoms with van der Waals surface area (Å²) in [7, 11) is 0. The molecule has 0 aliphatic rings. The molecule has 24 heavy (non-hydrogen) atoms. The largest absolute Gasteiger partial charge is 0.410 e. The van der Waals surface area contributed by atoms with Gasteiger partial charge in [0.1, 0.15) is 10.7 Å². The molecule has 4 rings (SSSR count). The Labute approximate surface area is 149 Å². The summed E-state index contributed by atoms with van der Waals surface area (Å²) in [6.45, 7) is 3.95. The van der Waals surface area contributed by atoms with E-state index >= 15 is 0 Å². The van der Waals surface area contributed by atoms with Gasteiger partial charge in [0.2, 0.25) is 0 Å². The second-order valence-electron chi connectivity index (χ2n) is 5.12. The maximum Gasteiger partial charge on any atom is 0.277 e. The van der Waals surface area contributed by atoms with Crippen LogP contribution in [-0.4, -0.2) is 20.2 Å². The number of thioether (sulfide) groups is 1. The Bertz CT molecular complexity index is 1060. The first-order valence-corrected chi connectivity index (χ1v) is 9.79. The van der Waals surface area contributed by atoms with Crippen LogP contribution >= 0.6 is 34.4 Å². The molecule has 4 aromatic heterocycles. The van der Waals surface area contributed by atoms with E-state index in [-0.39, 0.29) is 5.56 Å². The predicted octanol–water partition coefficient (Wildman–Crippen LogP) is 4.01. The van der Waals surface area contributed by atoms with Gasteiger partial charge in [-0.15, -0.1) is 32.9 Å². The highest BCUT2D eigenvalue weighted by Crippen LogP contribution is 2.29. The topological polar surface area (TPSA) is 84.7 Å². The molecule has 0 aliphatic carbocycles. The lowest BCUT2D eigenvalue weighted by atomic mass is 10.2. The zero-order chi connectivity index (χ0) is 16.7. The Morgan fingerprint density at radius 1 is 1.33 bits per heavy atom. The first-order valence-electron chi connectivity index (χ1n) is 7.11. The van der Waals surface area contributed by atoms with E-state index in [1.165, 1.54) is 11.8 Å². The molecule has 6 nitrogen and oxygen atoms in total. The normalized spacial score (nSPS) is 11.4. The number of aromatic amines is 1. The molecule has 4 aromatic rings. The molecule has 9 heteroatoms. The number of fused-ring (bicyclic) bond motifs is 1. The van der Waals surface area contributed by atoms with Gasteiger partial charge in [-0.3, -0.25) is 4.79 Å². The fourth-order valence-electron chi connectivity index (χ4n) is 2.27. The average molecular weight is 376 g/mol. The Balaban J connectivity index is 1.56. The molecule has 0 unspecified atom stereocenters. The summed E-state index contributed by atoms with van der Waals surface area (Å²) < 4.78 is 5.62. The maximum atomic E-state index is 12.3. The van der Waals surface area contributed by atoms with Crippen molar-refractivity contribution in [3.8, 4) is 10.8 Å². The van der Waals surface area contributed by atoms with Crippen LogP contribution in [0.1, 0.15) is 16.3 Å². The monoisotopic (exact) mass is 376 g/mol. The molecule has 0 bridgehead atoms. The second kappa shape index (κ2) is 6.15. The molecule has 0 aromatic carbocycles. The number of hydrogen-bond donors (Lipinski definition) is 1. The van der Waals surface area contributed by atoms with E-state index < -0.39 is 0 Å². The van der Waals surface area contributed by atoms with Crippen molar-refractivity contribution < 1.29 is 4.42 Å². The van der Waals surface area contributed by atoms with Crippen molar-refractivity contribution in [2.75, 3.05) is 0 Å². The number of thiophene rings is 2. The van der Waals surface area contributed by atoms with Gasteiger partial charge in [0.15, 0.2) is 0 Å². The smallest absolute Gasteiger partial charge is 0.277 e. The van der Waals surface area contributed by atoms with E-state index in [1.807, 2.05) is 31.4 Å². The number of rotatable bonds is 4. The second-order valence-corrected chi connectivity index (χ2v) is 8.19. The lowest BCUT2D eigenvalue weighted by Gasteiger charge is -1.98. The first-order chi connectivity index (χ1) is 11.6. The molecule has 0 fully saturated rings. The standard InChI is InChI=1S/C15H12N4O2S3/c1-7-8(2)24-14-11(7)12(20)16-10(17-14)6-23-15-19-18-13(21-15)9-4-3-5-22-9/h3-5H,6H2,1-2H3,(H,16,17,20). The van der Waals surface area contributed by atoms with Crippen molar-refractivity contribution in [1.82, 2.24) is 20.2 Å². The van der Waals surface area contributed by atoms with Gasteiger partial charge in [-0.1, -0.05) is 17.8 Å². The van der Waals surface area contributed by atoms with Gasteiger partial charge < -0.3 is 9.40 Å². The molecule has 4 heterocycles. The summed E-state index contributed by atoms with van der Waals surface area (Å²) in [6.07, 6.45) is 0. The van der Waals surface area contributed by atoms with Crippen LogP contribution in [0.2, 0.25) is 0 Å². The molecule has 122 valence electrons. The Morgan fingerprint density at radius 3 is 3.00 bits per heavy atom. The van der Waals surface area contributed by atoms with Crippen molar-refractivity contribution in [3.63, 3.8) is 0 Å². The van der Waals surface area contributed by atoms with Crippen LogP contribution in [0.5, 0.6) is 0 Å². The fraction of sp³-hybridized carbons (Fsp3) is 0.200. The Kier molecular flexibility index (Phi) is 3.99. The number of H-pyrrole nitrogens is 1. The predicted molar refractivity (Wildman–Crippen MR) is 96.9 cm³/mol. The molecule has 0 aliphatic heterocycles. The van der Waals surface area contributed by atoms with E-state index in [4.69, 9.17) is 4.42 Å². The molecule has 0 radical (unpaired) electrons. The van der Waals surface area contributed by atoms with E-state index in [2.05, 4.69) is 20.2 Å². The van der Waals surface area contributed by atoms with Crippen molar-refractivity contribution in [2.45, 2.75) is 24.8 Å². The minimum Gasteiger partial charge on any atom is -0.410 e. The third-order valence-corrected chi connectivity index (χ3v) is 6.35. The zero-order valence-electron chi connectivity index (χ0n) is 12.8. The molecule has 1 N–H and O–H groups in total. The number of nitrogens with zero attached hydrogens (tertiary/aromatic N) is 3. The summed E-state index contributed by atoms with van der Waals surface area (Å²) in [6, 6.07) is 3.87. The maximum absolute atomic E-state index is 12.3. The van der Waals surface area contributed by atoms with E-state index in [0.29, 0.717) is 28.1 Å². The SMILES string of the molecule is Cc1sc2nc(CSc3nnc(-c4cccs4)o3)[nH]c(=O)c2c1C. The molecule has 0 saturated heterocycles. The molecular weight excluding hydrogens is 364 g/mol.